The Kier molecular flexibility index (Phi) is 7.34. The summed E-state index contributed by atoms with van der Waals surface area (Å²) < 4.78 is 5.60. The number of rotatable bonds is 10. The molecule has 5 nitrogen and oxygen atoms in total. The van der Waals surface area contributed by atoms with E-state index in [1.807, 2.05) is 18.2 Å². The Bertz CT molecular complexity index is 858. The molecule has 1 N–H and O–H groups in total. The number of nitrogens with one attached hydrogen (secondary N) is 1. The van der Waals surface area contributed by atoms with E-state index >= 15 is 0 Å². The van der Waals surface area contributed by atoms with Crippen LogP contribution in [0.1, 0.15) is 37.1 Å². The fourth-order valence-corrected chi connectivity index (χ4v) is 3.09. The first kappa shape index (κ1) is 20.2. The largest absolute Gasteiger partial charge is 0.379 e. The van der Waals surface area contributed by atoms with Gasteiger partial charge in [-0.25, -0.2) is 0 Å². The molecule has 0 bridgehead atoms. The van der Waals surface area contributed by atoms with Gasteiger partial charge in [0.25, 0.3) is 0 Å². The Labute approximate surface area is 167 Å². The number of aryl methyl sites for hydroxylation is 1. The third-order valence-corrected chi connectivity index (χ3v) is 4.42. The first-order valence-corrected chi connectivity index (χ1v) is 9.99. The normalized spacial score (nSPS) is 11.3. The van der Waals surface area contributed by atoms with E-state index in [9.17, 15) is 0 Å². The van der Waals surface area contributed by atoms with E-state index in [-0.39, 0.29) is 6.10 Å². The lowest BCUT2D eigenvalue weighted by Gasteiger charge is -2.07. The van der Waals surface area contributed by atoms with Gasteiger partial charge in [-0.3, -0.25) is 0 Å². The van der Waals surface area contributed by atoms with Crippen LogP contribution >= 0.6 is 0 Å². The first-order valence-electron chi connectivity index (χ1n) is 9.99. The van der Waals surface area contributed by atoms with Crippen LogP contribution in [0.15, 0.2) is 54.6 Å². The maximum atomic E-state index is 5.60. The van der Waals surface area contributed by atoms with Gasteiger partial charge < -0.3 is 10.1 Å². The number of ether oxygens (including phenoxy) is 1. The third kappa shape index (κ3) is 6.01. The molecule has 0 saturated heterocycles. The lowest BCUT2D eigenvalue weighted by Crippen LogP contribution is -2.18. The molecule has 0 saturated carbocycles. The molecular weight excluding hydrogens is 348 g/mol. The molecule has 0 aliphatic heterocycles. The lowest BCUT2D eigenvalue weighted by molar-refractivity contribution is 0.0770. The number of aromatic nitrogens is 3. The van der Waals surface area contributed by atoms with Gasteiger partial charge in [-0.1, -0.05) is 60.2 Å². The van der Waals surface area contributed by atoms with Crippen LogP contribution in [0.3, 0.4) is 0 Å². The summed E-state index contributed by atoms with van der Waals surface area (Å²) in [5, 5.41) is 13.0. The van der Waals surface area contributed by atoms with Gasteiger partial charge in [0.15, 0.2) is 0 Å². The SMILES string of the molecule is Cc1cccc(Cn2nc(CNCCCOC(C)C)c(-c3ccccc3)n2)c1. The summed E-state index contributed by atoms with van der Waals surface area (Å²) in [6.45, 7) is 9.26. The lowest BCUT2D eigenvalue weighted by atomic mass is 10.1. The Balaban J connectivity index is 1.69. The van der Waals surface area contributed by atoms with Crippen molar-refractivity contribution in [3.8, 4) is 11.3 Å². The van der Waals surface area contributed by atoms with Crippen LogP contribution < -0.4 is 5.32 Å². The van der Waals surface area contributed by atoms with Gasteiger partial charge in [-0.15, -0.1) is 0 Å². The van der Waals surface area contributed by atoms with Crippen LogP contribution in [0.2, 0.25) is 0 Å². The Morgan fingerprint density at radius 3 is 2.61 bits per heavy atom. The number of hydrogen-bond donors (Lipinski definition) is 1. The number of benzene rings is 2. The molecule has 0 fully saturated rings. The molecule has 3 aromatic rings. The monoisotopic (exact) mass is 378 g/mol. The smallest absolute Gasteiger partial charge is 0.117 e. The standard InChI is InChI=1S/C23H30N4O/c1-18(2)28-14-8-13-24-16-22-23(21-11-5-4-6-12-21)26-27(25-22)17-20-10-7-9-19(3)15-20/h4-7,9-12,15,18,24H,8,13-14,16-17H2,1-3H3. The van der Waals surface area contributed by atoms with Crippen LogP contribution in [0.5, 0.6) is 0 Å². The summed E-state index contributed by atoms with van der Waals surface area (Å²) in [4.78, 5) is 1.80. The molecule has 0 unspecified atom stereocenters. The quantitative estimate of drug-likeness (QED) is 0.537. The zero-order chi connectivity index (χ0) is 19.8. The number of nitrogens with zero attached hydrogens (tertiary/aromatic N) is 3. The molecule has 0 amide bonds. The predicted octanol–water partition coefficient (Wildman–Crippen LogP) is 4.21. The van der Waals surface area contributed by atoms with Crippen molar-refractivity contribution in [1.29, 1.82) is 0 Å². The summed E-state index contributed by atoms with van der Waals surface area (Å²) in [5.41, 5.74) is 5.47. The van der Waals surface area contributed by atoms with E-state index in [0.717, 1.165) is 36.5 Å². The fraction of sp³-hybridized carbons (Fsp3) is 0.391. The first-order chi connectivity index (χ1) is 13.6. The molecule has 0 spiro atoms. The van der Waals surface area contributed by atoms with E-state index in [2.05, 4.69) is 62.5 Å². The zero-order valence-electron chi connectivity index (χ0n) is 17.1. The van der Waals surface area contributed by atoms with Gasteiger partial charge in [-0.2, -0.15) is 15.0 Å². The average Bonchev–Trinajstić information content (AvgIpc) is 3.07. The van der Waals surface area contributed by atoms with Gasteiger partial charge in [0.2, 0.25) is 0 Å². The molecular formula is C23H30N4O. The molecule has 0 aliphatic rings. The van der Waals surface area contributed by atoms with Gasteiger partial charge in [0.1, 0.15) is 11.4 Å². The van der Waals surface area contributed by atoms with Gasteiger partial charge in [0.05, 0.1) is 12.6 Å². The molecule has 148 valence electrons. The van der Waals surface area contributed by atoms with Crippen LogP contribution in [0, 0.1) is 6.92 Å². The Morgan fingerprint density at radius 1 is 1.04 bits per heavy atom. The van der Waals surface area contributed by atoms with Crippen molar-refractivity contribution in [1.82, 2.24) is 20.3 Å². The summed E-state index contributed by atoms with van der Waals surface area (Å²) in [5.74, 6) is 0. The molecule has 1 heterocycles. The predicted molar refractivity (Wildman–Crippen MR) is 113 cm³/mol. The van der Waals surface area contributed by atoms with Crippen molar-refractivity contribution in [2.45, 2.75) is 46.4 Å². The summed E-state index contributed by atoms with van der Waals surface area (Å²) in [6.07, 6.45) is 1.27. The number of hydrogen-bond acceptors (Lipinski definition) is 4. The van der Waals surface area contributed by atoms with Crippen LogP contribution in [-0.4, -0.2) is 34.2 Å². The van der Waals surface area contributed by atoms with Crippen LogP contribution in [0.25, 0.3) is 11.3 Å². The minimum absolute atomic E-state index is 0.284. The summed E-state index contributed by atoms with van der Waals surface area (Å²) in [7, 11) is 0. The highest BCUT2D eigenvalue weighted by molar-refractivity contribution is 5.60. The van der Waals surface area contributed by atoms with Crippen LogP contribution in [0.4, 0.5) is 0 Å². The highest BCUT2D eigenvalue weighted by atomic mass is 16.5. The highest BCUT2D eigenvalue weighted by Gasteiger charge is 2.13. The van der Waals surface area contributed by atoms with Crippen molar-refractivity contribution in [3.05, 3.63) is 71.4 Å². The zero-order valence-corrected chi connectivity index (χ0v) is 17.1. The second-order valence-electron chi connectivity index (χ2n) is 7.33. The van der Waals surface area contributed by atoms with E-state index in [0.29, 0.717) is 13.1 Å². The fourth-order valence-electron chi connectivity index (χ4n) is 3.09. The molecule has 0 radical (unpaired) electrons. The van der Waals surface area contributed by atoms with Crippen molar-refractivity contribution in [2.75, 3.05) is 13.2 Å². The van der Waals surface area contributed by atoms with Crippen molar-refractivity contribution >= 4 is 0 Å². The molecule has 28 heavy (non-hydrogen) atoms. The third-order valence-electron chi connectivity index (χ3n) is 4.42. The highest BCUT2D eigenvalue weighted by Crippen LogP contribution is 2.20. The second kappa shape index (κ2) is 10.2. The molecule has 0 aliphatic carbocycles. The molecule has 3 rings (SSSR count). The summed E-state index contributed by atoms with van der Waals surface area (Å²) >= 11 is 0. The Morgan fingerprint density at radius 2 is 1.86 bits per heavy atom. The second-order valence-corrected chi connectivity index (χ2v) is 7.33. The van der Waals surface area contributed by atoms with E-state index in [1.54, 1.807) is 4.80 Å². The van der Waals surface area contributed by atoms with Gasteiger partial charge in [0, 0.05) is 18.7 Å². The minimum atomic E-state index is 0.284. The topological polar surface area (TPSA) is 52.0 Å². The van der Waals surface area contributed by atoms with Crippen molar-refractivity contribution in [3.63, 3.8) is 0 Å². The molecule has 2 aromatic carbocycles. The molecule has 1 aromatic heterocycles. The van der Waals surface area contributed by atoms with Crippen molar-refractivity contribution < 1.29 is 4.74 Å². The maximum Gasteiger partial charge on any atom is 0.117 e. The maximum absolute atomic E-state index is 5.60. The minimum Gasteiger partial charge on any atom is -0.379 e. The van der Waals surface area contributed by atoms with Gasteiger partial charge >= 0.3 is 0 Å². The molecule has 0 atom stereocenters. The molecule has 5 heteroatoms. The van der Waals surface area contributed by atoms with Gasteiger partial charge in [-0.05, 0) is 39.3 Å². The van der Waals surface area contributed by atoms with Crippen molar-refractivity contribution in [2.24, 2.45) is 0 Å². The summed E-state index contributed by atoms with van der Waals surface area (Å²) in [6, 6.07) is 18.7. The van der Waals surface area contributed by atoms with E-state index in [4.69, 9.17) is 14.9 Å². The van der Waals surface area contributed by atoms with E-state index < -0.39 is 0 Å². The van der Waals surface area contributed by atoms with E-state index in [1.165, 1.54) is 11.1 Å². The van der Waals surface area contributed by atoms with Crippen LogP contribution in [-0.2, 0) is 17.8 Å². The average molecular weight is 379 g/mol. The Hall–Kier alpha value is -2.50.